The van der Waals surface area contributed by atoms with Crippen molar-refractivity contribution in [1.82, 2.24) is 0 Å². The van der Waals surface area contributed by atoms with Crippen molar-refractivity contribution in [3.63, 3.8) is 0 Å². The summed E-state index contributed by atoms with van der Waals surface area (Å²) in [5, 5.41) is 0. The highest BCUT2D eigenvalue weighted by Gasteiger charge is 2.49. The van der Waals surface area contributed by atoms with E-state index in [1.807, 2.05) is 0 Å². The zero-order chi connectivity index (χ0) is 11.2. The van der Waals surface area contributed by atoms with E-state index in [1.165, 1.54) is 62.5 Å². The van der Waals surface area contributed by atoms with Gasteiger partial charge in [0.1, 0.15) is 5.78 Å². The topological polar surface area (TPSA) is 17.1 Å². The molecule has 2 nitrogen and oxygen atoms in total. The summed E-state index contributed by atoms with van der Waals surface area (Å²) in [5.41, 5.74) is 0. The van der Waals surface area contributed by atoms with Crippen LogP contribution >= 0.6 is 0 Å². The highest BCUT2D eigenvalue weighted by atomic mass is 16.1. The Labute approximate surface area is 98.6 Å². The normalized spacial score (nSPS) is 42.3. The molecule has 0 aromatic rings. The van der Waals surface area contributed by atoms with Gasteiger partial charge in [-0.2, -0.15) is 0 Å². The van der Waals surface area contributed by atoms with Crippen LogP contribution in [0.15, 0.2) is 0 Å². The molecule has 0 unspecified atom stereocenters. The van der Waals surface area contributed by atoms with Crippen molar-refractivity contribution < 1.29 is 9.28 Å². The van der Waals surface area contributed by atoms with E-state index >= 15 is 0 Å². The standard InChI is InChI=1S/C14H24NO/c1-15(9-2-3-10-15)13-8-7-11-5-4-6-12(13)14(11)16/h11-13H,2-10H2,1H3/q+1/t11-,12-,13-/m1/s1. The first kappa shape index (κ1) is 10.8. The van der Waals surface area contributed by atoms with E-state index < -0.39 is 0 Å². The Hall–Kier alpha value is -0.370. The lowest BCUT2D eigenvalue weighted by Gasteiger charge is -2.47. The molecule has 16 heavy (non-hydrogen) atoms. The summed E-state index contributed by atoms with van der Waals surface area (Å²) < 4.78 is 1.21. The molecular weight excluding hydrogens is 198 g/mol. The van der Waals surface area contributed by atoms with Gasteiger partial charge in [-0.15, -0.1) is 0 Å². The smallest absolute Gasteiger partial charge is 0.144 e. The molecule has 2 bridgehead atoms. The molecule has 1 aliphatic heterocycles. The lowest BCUT2D eigenvalue weighted by molar-refractivity contribution is -0.926. The average molecular weight is 222 g/mol. The van der Waals surface area contributed by atoms with Crippen LogP contribution in [0, 0.1) is 11.8 Å². The van der Waals surface area contributed by atoms with Gasteiger partial charge in [-0.25, -0.2) is 0 Å². The second-order valence-electron chi connectivity index (χ2n) is 6.42. The molecule has 1 saturated heterocycles. The van der Waals surface area contributed by atoms with Crippen molar-refractivity contribution >= 4 is 5.78 Å². The average Bonchev–Trinajstić information content (AvgIpc) is 2.65. The maximum absolute atomic E-state index is 12.3. The van der Waals surface area contributed by atoms with Crippen molar-refractivity contribution in [2.45, 2.75) is 51.0 Å². The largest absolute Gasteiger partial charge is 0.323 e. The fraction of sp³-hybridized carbons (Fsp3) is 0.929. The van der Waals surface area contributed by atoms with Gasteiger partial charge in [0, 0.05) is 25.2 Å². The quantitative estimate of drug-likeness (QED) is 0.623. The van der Waals surface area contributed by atoms with Gasteiger partial charge in [-0.05, 0) is 19.3 Å². The van der Waals surface area contributed by atoms with Gasteiger partial charge in [0.2, 0.25) is 0 Å². The zero-order valence-corrected chi connectivity index (χ0v) is 10.5. The predicted molar refractivity (Wildman–Crippen MR) is 64.0 cm³/mol. The molecule has 2 heteroatoms. The minimum absolute atomic E-state index is 0.426. The van der Waals surface area contributed by atoms with E-state index in [1.54, 1.807) is 0 Å². The number of hydrogen-bond donors (Lipinski definition) is 0. The summed E-state index contributed by atoms with van der Waals surface area (Å²) in [6.07, 6.45) is 8.93. The molecule has 3 atom stereocenters. The Morgan fingerprint density at radius 3 is 2.50 bits per heavy atom. The molecule has 3 aliphatic rings. The number of rotatable bonds is 1. The van der Waals surface area contributed by atoms with Crippen molar-refractivity contribution in [3.8, 4) is 0 Å². The molecule has 2 aliphatic carbocycles. The first-order valence-electron chi connectivity index (χ1n) is 7.09. The number of ketones is 1. The van der Waals surface area contributed by atoms with Crippen LogP contribution in [0.3, 0.4) is 0 Å². The van der Waals surface area contributed by atoms with Gasteiger partial charge in [-0.1, -0.05) is 6.42 Å². The third kappa shape index (κ3) is 1.54. The van der Waals surface area contributed by atoms with Gasteiger partial charge in [0.05, 0.1) is 32.1 Å². The van der Waals surface area contributed by atoms with Crippen LogP contribution in [0.2, 0.25) is 0 Å². The van der Waals surface area contributed by atoms with Gasteiger partial charge in [-0.3, -0.25) is 4.79 Å². The van der Waals surface area contributed by atoms with Gasteiger partial charge >= 0.3 is 0 Å². The molecule has 90 valence electrons. The van der Waals surface area contributed by atoms with Crippen LogP contribution in [0.25, 0.3) is 0 Å². The number of fused-ring (bicyclic) bond motifs is 2. The molecule has 0 spiro atoms. The summed E-state index contributed by atoms with van der Waals surface area (Å²) in [6.45, 7) is 2.64. The van der Waals surface area contributed by atoms with E-state index in [4.69, 9.17) is 0 Å². The summed E-state index contributed by atoms with van der Waals surface area (Å²) in [7, 11) is 2.40. The third-order valence-corrected chi connectivity index (χ3v) is 5.50. The van der Waals surface area contributed by atoms with E-state index in [0.717, 1.165) is 0 Å². The Bertz CT molecular complexity index is 293. The first-order valence-corrected chi connectivity index (χ1v) is 7.09. The molecular formula is C14H24NO+. The lowest BCUT2D eigenvalue weighted by Crippen LogP contribution is -2.58. The molecule has 0 N–H and O–H groups in total. The minimum Gasteiger partial charge on any atom is -0.323 e. The van der Waals surface area contributed by atoms with Crippen molar-refractivity contribution in [1.29, 1.82) is 0 Å². The van der Waals surface area contributed by atoms with E-state index in [0.29, 0.717) is 23.7 Å². The van der Waals surface area contributed by atoms with Crippen LogP contribution in [0.1, 0.15) is 44.9 Å². The highest BCUT2D eigenvalue weighted by molar-refractivity contribution is 5.85. The maximum atomic E-state index is 12.3. The number of hydrogen-bond acceptors (Lipinski definition) is 1. The van der Waals surface area contributed by atoms with Gasteiger partial charge in [0.25, 0.3) is 0 Å². The first-order chi connectivity index (χ1) is 7.71. The Morgan fingerprint density at radius 2 is 1.75 bits per heavy atom. The van der Waals surface area contributed by atoms with Crippen molar-refractivity contribution in [2.24, 2.45) is 11.8 Å². The van der Waals surface area contributed by atoms with Gasteiger partial charge in [0.15, 0.2) is 0 Å². The van der Waals surface area contributed by atoms with Crippen LogP contribution in [0.5, 0.6) is 0 Å². The van der Waals surface area contributed by atoms with Gasteiger partial charge < -0.3 is 4.48 Å². The Morgan fingerprint density at radius 1 is 1.00 bits per heavy atom. The number of nitrogens with zero attached hydrogens (tertiary/aromatic N) is 1. The molecule has 2 saturated carbocycles. The second kappa shape index (κ2) is 3.83. The number of quaternary nitrogens is 1. The summed E-state index contributed by atoms with van der Waals surface area (Å²) in [4.78, 5) is 12.3. The monoisotopic (exact) mass is 222 g/mol. The van der Waals surface area contributed by atoms with Crippen LogP contribution in [-0.2, 0) is 4.79 Å². The van der Waals surface area contributed by atoms with Crippen LogP contribution in [-0.4, -0.2) is 36.4 Å². The predicted octanol–water partition coefficient (Wildman–Crippen LogP) is 2.37. The van der Waals surface area contributed by atoms with E-state index in [9.17, 15) is 4.79 Å². The molecule has 1 heterocycles. The molecule has 3 rings (SSSR count). The number of carbonyl (C=O) groups is 1. The lowest BCUT2D eigenvalue weighted by atomic mass is 9.68. The van der Waals surface area contributed by atoms with Crippen molar-refractivity contribution in [2.75, 3.05) is 20.1 Å². The summed E-state index contributed by atoms with van der Waals surface area (Å²) in [6, 6.07) is 0.673. The van der Waals surface area contributed by atoms with Crippen molar-refractivity contribution in [3.05, 3.63) is 0 Å². The number of likely N-dealkylation sites (tertiary alicyclic amines) is 1. The van der Waals surface area contributed by atoms with E-state index in [2.05, 4.69) is 7.05 Å². The summed E-state index contributed by atoms with van der Waals surface area (Å²) in [5.74, 6) is 1.51. The summed E-state index contributed by atoms with van der Waals surface area (Å²) >= 11 is 0. The molecule has 0 radical (unpaired) electrons. The maximum Gasteiger partial charge on any atom is 0.144 e. The number of carbonyl (C=O) groups excluding carboxylic acids is 1. The molecule has 3 fully saturated rings. The molecule has 0 aromatic carbocycles. The van der Waals surface area contributed by atoms with Crippen LogP contribution < -0.4 is 0 Å². The van der Waals surface area contributed by atoms with Crippen LogP contribution in [0.4, 0.5) is 0 Å². The third-order valence-electron chi connectivity index (χ3n) is 5.50. The minimum atomic E-state index is 0.426. The highest BCUT2D eigenvalue weighted by Crippen LogP contribution is 2.42. The van der Waals surface area contributed by atoms with E-state index in [-0.39, 0.29) is 0 Å². The zero-order valence-electron chi connectivity index (χ0n) is 10.5. The Balaban J connectivity index is 1.82. The number of Topliss-reactive ketones (excluding diaryl/α,β-unsaturated/α-hetero) is 1. The molecule has 0 amide bonds. The Kier molecular flexibility index (Phi) is 2.58. The SMILES string of the molecule is C[N+]1([C@@H]2CC[C@H]3CCC[C@H]2C3=O)CCCC1. The fourth-order valence-corrected chi connectivity index (χ4v) is 4.55. The molecule has 0 aromatic heterocycles. The second-order valence-corrected chi connectivity index (χ2v) is 6.42. The fourth-order valence-electron chi connectivity index (χ4n) is 4.55.